The fourth-order valence-corrected chi connectivity index (χ4v) is 3.83. The third-order valence-electron chi connectivity index (χ3n) is 3.70. The van der Waals surface area contributed by atoms with Gasteiger partial charge in [0.1, 0.15) is 5.01 Å². The molecule has 1 aliphatic rings. The van der Waals surface area contributed by atoms with Gasteiger partial charge in [0.2, 0.25) is 0 Å². The van der Waals surface area contributed by atoms with Crippen molar-refractivity contribution in [3.63, 3.8) is 0 Å². The second kappa shape index (κ2) is 6.85. The minimum Gasteiger partial charge on any atom is -0.396 e. The van der Waals surface area contributed by atoms with Crippen molar-refractivity contribution >= 4 is 22.9 Å². The van der Waals surface area contributed by atoms with Crippen molar-refractivity contribution in [2.24, 2.45) is 0 Å². The Balaban J connectivity index is 2.07. The van der Waals surface area contributed by atoms with Crippen LogP contribution in [0.1, 0.15) is 49.4 Å². The van der Waals surface area contributed by atoms with Crippen LogP contribution in [0.25, 0.3) is 0 Å². The maximum atomic E-state index is 9.17. The molecule has 2 heterocycles. The summed E-state index contributed by atoms with van der Waals surface area (Å²) in [7, 11) is 0. The summed E-state index contributed by atoms with van der Waals surface area (Å²) < 4.78 is 0. The van der Waals surface area contributed by atoms with E-state index >= 15 is 0 Å². The number of thiazole rings is 1. The molecule has 5 heteroatoms. The molecule has 0 spiro atoms. The normalized spacial score (nSPS) is 23.2. The summed E-state index contributed by atoms with van der Waals surface area (Å²) in [5, 5.41) is 12.4. The number of alkyl halides is 1. The highest BCUT2D eigenvalue weighted by molar-refractivity contribution is 7.09. The Bertz CT molecular complexity index is 370. The van der Waals surface area contributed by atoms with E-state index in [1.165, 1.54) is 19.3 Å². The standard InChI is InChI=1S/C13H21ClN2OS/c1-10(13-15-11(8-14)9-18-13)16-6-3-2-4-12(16)5-7-17/h9-10,12,17H,2-8H2,1H3. The summed E-state index contributed by atoms with van der Waals surface area (Å²) in [5.74, 6) is 0.489. The van der Waals surface area contributed by atoms with E-state index < -0.39 is 0 Å². The lowest BCUT2D eigenvalue weighted by Crippen LogP contribution is -2.41. The van der Waals surface area contributed by atoms with Crippen LogP contribution in [0.5, 0.6) is 0 Å². The minimum atomic E-state index is 0.276. The number of nitrogens with zero attached hydrogens (tertiary/aromatic N) is 2. The van der Waals surface area contributed by atoms with Crippen molar-refractivity contribution in [1.82, 2.24) is 9.88 Å². The van der Waals surface area contributed by atoms with Gasteiger partial charge in [-0.3, -0.25) is 4.90 Å². The first-order chi connectivity index (χ1) is 8.76. The Hall–Kier alpha value is -0.160. The smallest absolute Gasteiger partial charge is 0.110 e. The number of halogens is 1. The van der Waals surface area contributed by atoms with Gasteiger partial charge in [0.25, 0.3) is 0 Å². The van der Waals surface area contributed by atoms with Crippen LogP contribution in [-0.4, -0.2) is 34.2 Å². The van der Waals surface area contributed by atoms with Crippen LogP contribution < -0.4 is 0 Å². The lowest BCUT2D eigenvalue weighted by molar-refractivity contribution is 0.0824. The highest BCUT2D eigenvalue weighted by Gasteiger charge is 2.28. The molecule has 1 N–H and O–H groups in total. The van der Waals surface area contributed by atoms with Gasteiger partial charge in [0, 0.05) is 18.0 Å². The van der Waals surface area contributed by atoms with Crippen LogP contribution in [0.2, 0.25) is 0 Å². The third-order valence-corrected chi connectivity index (χ3v) is 5.03. The molecule has 1 aromatic heterocycles. The first kappa shape index (κ1) is 14.3. The van der Waals surface area contributed by atoms with E-state index in [-0.39, 0.29) is 6.61 Å². The third kappa shape index (κ3) is 3.23. The predicted octanol–water partition coefficient (Wildman–Crippen LogP) is 3.18. The number of piperidine rings is 1. The lowest BCUT2D eigenvalue weighted by atomic mass is 9.98. The number of rotatable bonds is 5. The van der Waals surface area contributed by atoms with Gasteiger partial charge in [-0.2, -0.15) is 0 Å². The number of aliphatic hydroxyl groups is 1. The maximum absolute atomic E-state index is 9.17. The molecule has 3 nitrogen and oxygen atoms in total. The zero-order chi connectivity index (χ0) is 13.0. The molecule has 2 unspecified atom stereocenters. The highest BCUT2D eigenvalue weighted by atomic mass is 35.5. The quantitative estimate of drug-likeness (QED) is 0.846. The summed E-state index contributed by atoms with van der Waals surface area (Å²) in [6.45, 7) is 3.60. The molecule has 1 saturated heterocycles. The molecule has 0 bridgehead atoms. The van der Waals surface area contributed by atoms with E-state index in [4.69, 9.17) is 11.6 Å². The molecule has 102 valence electrons. The molecule has 1 aromatic rings. The summed E-state index contributed by atoms with van der Waals surface area (Å²) in [6.07, 6.45) is 4.59. The van der Waals surface area contributed by atoms with E-state index in [0.29, 0.717) is 18.0 Å². The van der Waals surface area contributed by atoms with Gasteiger partial charge in [0.05, 0.1) is 17.6 Å². The van der Waals surface area contributed by atoms with Gasteiger partial charge in [-0.25, -0.2) is 4.98 Å². The molecule has 0 aromatic carbocycles. The van der Waals surface area contributed by atoms with Gasteiger partial charge < -0.3 is 5.11 Å². The van der Waals surface area contributed by atoms with Crippen LogP contribution in [0.4, 0.5) is 0 Å². The second-order valence-electron chi connectivity index (χ2n) is 4.89. The Labute approximate surface area is 118 Å². The van der Waals surface area contributed by atoms with Crippen LogP contribution in [-0.2, 0) is 5.88 Å². The van der Waals surface area contributed by atoms with Gasteiger partial charge in [-0.05, 0) is 32.7 Å². The molecular weight excluding hydrogens is 268 g/mol. The van der Waals surface area contributed by atoms with Crippen molar-refractivity contribution in [2.75, 3.05) is 13.2 Å². The van der Waals surface area contributed by atoms with Crippen molar-refractivity contribution < 1.29 is 5.11 Å². The second-order valence-corrected chi connectivity index (χ2v) is 6.04. The van der Waals surface area contributed by atoms with Gasteiger partial charge in [0.15, 0.2) is 0 Å². The van der Waals surface area contributed by atoms with Crippen LogP contribution in [0.15, 0.2) is 5.38 Å². The fraction of sp³-hybridized carbons (Fsp3) is 0.769. The molecule has 0 radical (unpaired) electrons. The Morgan fingerprint density at radius 3 is 3.11 bits per heavy atom. The van der Waals surface area contributed by atoms with E-state index in [1.807, 2.05) is 5.38 Å². The largest absolute Gasteiger partial charge is 0.396 e. The number of aromatic nitrogens is 1. The van der Waals surface area contributed by atoms with E-state index in [1.54, 1.807) is 11.3 Å². The highest BCUT2D eigenvalue weighted by Crippen LogP contribution is 2.31. The van der Waals surface area contributed by atoms with Crippen molar-refractivity contribution in [2.45, 2.75) is 50.6 Å². The molecule has 0 aliphatic carbocycles. The predicted molar refractivity (Wildman–Crippen MR) is 76.1 cm³/mol. The topological polar surface area (TPSA) is 36.4 Å². The monoisotopic (exact) mass is 288 g/mol. The summed E-state index contributed by atoms with van der Waals surface area (Å²) >= 11 is 7.50. The first-order valence-corrected chi connectivity index (χ1v) is 8.04. The van der Waals surface area contributed by atoms with E-state index in [2.05, 4.69) is 16.8 Å². The average molecular weight is 289 g/mol. The zero-order valence-electron chi connectivity index (χ0n) is 10.8. The number of hydrogen-bond acceptors (Lipinski definition) is 4. The molecule has 1 fully saturated rings. The van der Waals surface area contributed by atoms with Crippen molar-refractivity contribution in [3.05, 3.63) is 16.1 Å². The Kier molecular flexibility index (Phi) is 5.42. The van der Waals surface area contributed by atoms with Gasteiger partial charge >= 0.3 is 0 Å². The summed E-state index contributed by atoms with van der Waals surface area (Å²) in [6, 6.07) is 0.839. The van der Waals surface area contributed by atoms with Crippen LogP contribution >= 0.6 is 22.9 Å². The molecule has 0 amide bonds. The number of aliphatic hydroxyl groups excluding tert-OH is 1. The molecule has 2 atom stereocenters. The summed E-state index contributed by atoms with van der Waals surface area (Å²) in [4.78, 5) is 7.08. The SMILES string of the molecule is CC(c1nc(CCl)cs1)N1CCCCC1CCO. The molecular formula is C13H21ClN2OS. The van der Waals surface area contributed by atoms with Gasteiger partial charge in [-0.1, -0.05) is 6.42 Å². The van der Waals surface area contributed by atoms with E-state index in [9.17, 15) is 5.11 Å². The van der Waals surface area contributed by atoms with Crippen molar-refractivity contribution in [3.8, 4) is 0 Å². The average Bonchev–Trinajstić information content (AvgIpc) is 2.88. The molecule has 1 aliphatic heterocycles. The minimum absolute atomic E-state index is 0.276. The van der Waals surface area contributed by atoms with E-state index in [0.717, 1.165) is 23.7 Å². The Morgan fingerprint density at radius 2 is 2.44 bits per heavy atom. The zero-order valence-corrected chi connectivity index (χ0v) is 12.4. The summed E-state index contributed by atoms with van der Waals surface area (Å²) in [5.41, 5.74) is 0.972. The number of likely N-dealkylation sites (tertiary alicyclic amines) is 1. The number of hydrogen-bond donors (Lipinski definition) is 1. The first-order valence-electron chi connectivity index (χ1n) is 6.63. The molecule has 18 heavy (non-hydrogen) atoms. The van der Waals surface area contributed by atoms with Crippen LogP contribution in [0.3, 0.4) is 0 Å². The van der Waals surface area contributed by atoms with Crippen LogP contribution in [0, 0.1) is 0 Å². The van der Waals surface area contributed by atoms with Gasteiger partial charge in [-0.15, -0.1) is 22.9 Å². The Morgan fingerprint density at radius 1 is 1.61 bits per heavy atom. The maximum Gasteiger partial charge on any atom is 0.110 e. The molecule has 0 saturated carbocycles. The molecule has 2 rings (SSSR count). The fourth-order valence-electron chi connectivity index (χ4n) is 2.71. The lowest BCUT2D eigenvalue weighted by Gasteiger charge is -2.39. The van der Waals surface area contributed by atoms with Crippen molar-refractivity contribution in [1.29, 1.82) is 0 Å².